The molecule has 0 saturated heterocycles. The van der Waals surface area contributed by atoms with Gasteiger partial charge in [0.25, 0.3) is 0 Å². The minimum Gasteiger partial charge on any atom is -0.429 e. The summed E-state index contributed by atoms with van der Waals surface area (Å²) >= 11 is 0. The summed E-state index contributed by atoms with van der Waals surface area (Å²) in [6.07, 6.45) is 1.68. The molecule has 0 N–H and O–H groups in total. The Balaban J connectivity index is 1.50. The lowest BCUT2D eigenvalue weighted by Gasteiger charge is -2.29. The first-order valence-electron chi connectivity index (χ1n) is 11.9. The van der Waals surface area contributed by atoms with E-state index in [4.69, 9.17) is 0 Å². The summed E-state index contributed by atoms with van der Waals surface area (Å²) < 4.78 is 103. The van der Waals surface area contributed by atoms with Crippen LogP contribution in [0.5, 0.6) is 5.75 Å². The van der Waals surface area contributed by atoms with E-state index in [1.165, 1.54) is 18.2 Å². The van der Waals surface area contributed by atoms with E-state index < -0.39 is 46.5 Å². The van der Waals surface area contributed by atoms with E-state index in [2.05, 4.69) is 11.7 Å². The van der Waals surface area contributed by atoms with Crippen LogP contribution < -0.4 is 4.74 Å². The van der Waals surface area contributed by atoms with Gasteiger partial charge >= 0.3 is 6.11 Å². The fourth-order valence-corrected chi connectivity index (χ4v) is 4.91. The van der Waals surface area contributed by atoms with Crippen molar-refractivity contribution in [3.05, 3.63) is 88.7 Å². The highest BCUT2D eigenvalue weighted by atomic mass is 19.3. The van der Waals surface area contributed by atoms with Crippen molar-refractivity contribution in [1.29, 1.82) is 0 Å². The molecule has 0 atom stereocenters. The topological polar surface area (TPSA) is 9.23 Å². The molecule has 0 radical (unpaired) electrons. The number of rotatable bonds is 7. The van der Waals surface area contributed by atoms with Gasteiger partial charge in [0.1, 0.15) is 5.75 Å². The summed E-state index contributed by atoms with van der Waals surface area (Å²) in [6, 6.07) is 8.07. The summed E-state index contributed by atoms with van der Waals surface area (Å²) in [5.41, 5.74) is -0.656. The van der Waals surface area contributed by atoms with Crippen LogP contribution in [0.2, 0.25) is 0 Å². The van der Waals surface area contributed by atoms with Gasteiger partial charge in [0, 0.05) is 5.56 Å². The van der Waals surface area contributed by atoms with Gasteiger partial charge in [-0.15, -0.1) is 0 Å². The molecule has 4 rings (SSSR count). The smallest absolute Gasteiger partial charge is 0.426 e. The highest BCUT2D eigenvalue weighted by Gasteiger charge is 2.36. The fraction of sp³-hybridized carbons (Fsp3) is 0.357. The lowest BCUT2D eigenvalue weighted by molar-refractivity contribution is -0.185. The molecule has 36 heavy (non-hydrogen) atoms. The molecule has 0 amide bonds. The predicted octanol–water partition coefficient (Wildman–Crippen LogP) is 9.25. The van der Waals surface area contributed by atoms with Gasteiger partial charge in [0.05, 0.1) is 5.56 Å². The minimum absolute atomic E-state index is 0.0306. The SMILES string of the molecule is CCCC1CCC(c2ccc(-c3ccc(OC(F)(F)c4cc(F)c(F)c(F)c4)cc3)c(F)c2F)CC1. The summed E-state index contributed by atoms with van der Waals surface area (Å²) in [5.74, 6) is -7.15. The van der Waals surface area contributed by atoms with Crippen LogP contribution in [0.15, 0.2) is 48.5 Å². The van der Waals surface area contributed by atoms with Gasteiger partial charge < -0.3 is 4.74 Å². The predicted molar refractivity (Wildman–Crippen MR) is 122 cm³/mol. The van der Waals surface area contributed by atoms with Crippen LogP contribution in [-0.2, 0) is 6.11 Å². The average molecular weight is 510 g/mol. The van der Waals surface area contributed by atoms with Crippen molar-refractivity contribution in [2.45, 2.75) is 57.5 Å². The van der Waals surface area contributed by atoms with E-state index in [9.17, 15) is 30.7 Å². The summed E-state index contributed by atoms with van der Waals surface area (Å²) in [6.45, 7) is 2.14. The zero-order chi connectivity index (χ0) is 26.0. The molecular formula is C28H25F7O. The molecule has 1 aliphatic rings. The molecule has 3 aromatic rings. The molecule has 1 aliphatic carbocycles. The Kier molecular flexibility index (Phi) is 7.62. The van der Waals surface area contributed by atoms with Gasteiger partial charge in [-0.25, -0.2) is 22.0 Å². The molecule has 0 aliphatic heterocycles. The molecular weight excluding hydrogens is 485 g/mol. The first-order valence-corrected chi connectivity index (χ1v) is 11.9. The Labute approximate surface area is 204 Å². The van der Waals surface area contributed by atoms with Crippen LogP contribution in [0.3, 0.4) is 0 Å². The van der Waals surface area contributed by atoms with Gasteiger partial charge in [-0.3, -0.25) is 0 Å². The molecule has 0 bridgehead atoms. The van der Waals surface area contributed by atoms with Crippen LogP contribution in [0.25, 0.3) is 11.1 Å². The molecule has 192 valence electrons. The van der Waals surface area contributed by atoms with Crippen LogP contribution in [0.1, 0.15) is 62.5 Å². The van der Waals surface area contributed by atoms with Crippen LogP contribution in [0, 0.1) is 35.0 Å². The Bertz CT molecular complexity index is 1190. The van der Waals surface area contributed by atoms with Crippen molar-refractivity contribution in [3.63, 3.8) is 0 Å². The largest absolute Gasteiger partial charge is 0.429 e. The molecule has 0 aromatic heterocycles. The van der Waals surface area contributed by atoms with Crippen molar-refractivity contribution >= 4 is 0 Å². The summed E-state index contributed by atoms with van der Waals surface area (Å²) in [7, 11) is 0. The third kappa shape index (κ3) is 5.37. The first-order chi connectivity index (χ1) is 17.1. The molecule has 1 nitrogen and oxygen atoms in total. The van der Waals surface area contributed by atoms with Crippen molar-refractivity contribution in [2.75, 3.05) is 0 Å². The van der Waals surface area contributed by atoms with Crippen LogP contribution in [0.4, 0.5) is 30.7 Å². The van der Waals surface area contributed by atoms with Gasteiger partial charge in [-0.2, -0.15) is 8.78 Å². The van der Waals surface area contributed by atoms with E-state index in [0.29, 0.717) is 11.5 Å². The molecule has 1 fully saturated rings. The van der Waals surface area contributed by atoms with E-state index in [1.807, 2.05) is 0 Å². The minimum atomic E-state index is -4.17. The number of alkyl halides is 2. The van der Waals surface area contributed by atoms with Crippen LogP contribution >= 0.6 is 0 Å². The summed E-state index contributed by atoms with van der Waals surface area (Å²) in [4.78, 5) is 0. The second kappa shape index (κ2) is 10.5. The van der Waals surface area contributed by atoms with E-state index in [1.54, 1.807) is 6.07 Å². The lowest BCUT2D eigenvalue weighted by atomic mass is 9.77. The standard InChI is InChI=1S/C28H25F7O/c1-2-3-16-4-6-17(7-5-16)21-12-13-22(26(32)25(21)31)18-8-10-20(11-9-18)36-28(34,35)19-14-23(29)27(33)24(30)15-19/h8-17H,2-7H2,1H3. The maximum atomic E-state index is 15.0. The van der Waals surface area contributed by atoms with Gasteiger partial charge in [0.15, 0.2) is 29.1 Å². The van der Waals surface area contributed by atoms with E-state index >= 15 is 0 Å². The second-order valence-electron chi connectivity index (χ2n) is 9.23. The molecule has 8 heteroatoms. The van der Waals surface area contributed by atoms with Crippen molar-refractivity contribution in [2.24, 2.45) is 5.92 Å². The van der Waals surface area contributed by atoms with Gasteiger partial charge in [0.2, 0.25) is 0 Å². The first kappa shape index (κ1) is 26.0. The van der Waals surface area contributed by atoms with E-state index in [-0.39, 0.29) is 29.2 Å². The molecule has 3 aromatic carbocycles. The Morgan fingerprint density at radius 2 is 1.39 bits per heavy atom. The quantitative estimate of drug-likeness (QED) is 0.227. The molecule has 0 unspecified atom stereocenters. The van der Waals surface area contributed by atoms with E-state index in [0.717, 1.165) is 50.7 Å². The third-order valence-corrected chi connectivity index (χ3v) is 6.83. The second-order valence-corrected chi connectivity index (χ2v) is 9.23. The average Bonchev–Trinajstić information content (AvgIpc) is 2.85. The van der Waals surface area contributed by atoms with Gasteiger partial charge in [-0.1, -0.05) is 44.0 Å². The lowest BCUT2D eigenvalue weighted by Crippen LogP contribution is -2.22. The highest BCUT2D eigenvalue weighted by molar-refractivity contribution is 5.65. The molecule has 1 saturated carbocycles. The zero-order valence-electron chi connectivity index (χ0n) is 19.6. The monoisotopic (exact) mass is 510 g/mol. The third-order valence-electron chi connectivity index (χ3n) is 6.83. The van der Waals surface area contributed by atoms with Gasteiger partial charge in [-0.05, 0) is 72.9 Å². The Morgan fingerprint density at radius 1 is 0.778 bits per heavy atom. The van der Waals surface area contributed by atoms with Crippen molar-refractivity contribution in [3.8, 4) is 16.9 Å². The maximum absolute atomic E-state index is 15.0. The number of hydrogen-bond donors (Lipinski definition) is 0. The summed E-state index contributed by atoms with van der Waals surface area (Å²) in [5, 5.41) is 0. The number of benzene rings is 3. The zero-order valence-corrected chi connectivity index (χ0v) is 19.6. The maximum Gasteiger partial charge on any atom is 0.426 e. The number of hydrogen-bond acceptors (Lipinski definition) is 1. The number of ether oxygens (including phenoxy) is 1. The van der Waals surface area contributed by atoms with Crippen molar-refractivity contribution < 1.29 is 35.5 Å². The van der Waals surface area contributed by atoms with Crippen molar-refractivity contribution in [1.82, 2.24) is 0 Å². The molecule has 0 heterocycles. The van der Waals surface area contributed by atoms with Crippen LogP contribution in [-0.4, -0.2) is 0 Å². The number of halogens is 7. The molecule has 0 spiro atoms. The highest BCUT2D eigenvalue weighted by Crippen LogP contribution is 2.40. The Morgan fingerprint density at radius 3 is 1.97 bits per heavy atom. The fourth-order valence-electron chi connectivity index (χ4n) is 4.91. The normalized spacial score (nSPS) is 18.3. The Hall–Kier alpha value is -3.03.